The highest BCUT2D eigenvalue weighted by molar-refractivity contribution is 6.01. The van der Waals surface area contributed by atoms with E-state index in [0.29, 0.717) is 5.69 Å². The topological polar surface area (TPSA) is 106 Å². The lowest BCUT2D eigenvalue weighted by molar-refractivity contribution is 0.101. The molecule has 2 heterocycles. The number of aryl methyl sites for hydroxylation is 1. The zero-order valence-electron chi connectivity index (χ0n) is 11.9. The number of nitrogens with one attached hydrogen (secondary N) is 2. The molecule has 3 rings (SSSR count). The van der Waals surface area contributed by atoms with Crippen LogP contribution in [0.4, 0.5) is 10.3 Å². The van der Waals surface area contributed by atoms with E-state index in [1.807, 2.05) is 0 Å². The van der Waals surface area contributed by atoms with Gasteiger partial charge < -0.3 is 0 Å². The second kappa shape index (κ2) is 5.79. The molecular formula is C14H11FN6O2. The largest absolute Gasteiger partial charge is 0.289 e. The maximum atomic E-state index is 13.9. The molecule has 0 saturated heterocycles. The number of amides is 1. The van der Waals surface area contributed by atoms with Crippen molar-refractivity contribution in [3.8, 4) is 5.69 Å². The summed E-state index contributed by atoms with van der Waals surface area (Å²) in [6, 6.07) is 7.15. The van der Waals surface area contributed by atoms with Crippen molar-refractivity contribution in [1.29, 1.82) is 0 Å². The first kappa shape index (κ1) is 14.6. The number of H-pyrrole nitrogens is 1. The first-order valence-corrected chi connectivity index (χ1v) is 6.59. The maximum absolute atomic E-state index is 13.9. The second-order valence-corrected chi connectivity index (χ2v) is 4.65. The lowest BCUT2D eigenvalue weighted by Crippen LogP contribution is -2.27. The smallest absolute Gasteiger partial charge is 0.282 e. The molecule has 1 amide bonds. The van der Waals surface area contributed by atoms with E-state index in [4.69, 9.17) is 0 Å². The van der Waals surface area contributed by atoms with Crippen LogP contribution < -0.4 is 10.7 Å². The first-order chi connectivity index (χ1) is 11.1. The first-order valence-electron chi connectivity index (χ1n) is 6.59. The van der Waals surface area contributed by atoms with Gasteiger partial charge in [0.15, 0.2) is 5.69 Å². The number of anilines is 1. The Kier molecular flexibility index (Phi) is 3.67. The molecule has 0 aliphatic carbocycles. The third-order valence-electron chi connectivity index (χ3n) is 3.05. The molecule has 8 nitrogen and oxygen atoms in total. The minimum absolute atomic E-state index is 0.0780. The monoisotopic (exact) mass is 314 g/mol. The van der Waals surface area contributed by atoms with Crippen molar-refractivity contribution >= 4 is 11.9 Å². The number of hydrogen-bond acceptors (Lipinski definition) is 5. The average molecular weight is 314 g/mol. The van der Waals surface area contributed by atoms with Crippen molar-refractivity contribution in [3.05, 3.63) is 64.1 Å². The van der Waals surface area contributed by atoms with Gasteiger partial charge in [0.1, 0.15) is 17.8 Å². The molecule has 0 bridgehead atoms. The molecule has 0 atom stereocenters. The number of benzene rings is 1. The van der Waals surface area contributed by atoms with Gasteiger partial charge >= 0.3 is 0 Å². The zero-order valence-corrected chi connectivity index (χ0v) is 11.9. The molecule has 23 heavy (non-hydrogen) atoms. The van der Waals surface area contributed by atoms with E-state index >= 15 is 0 Å². The number of nitrogens with zero attached hydrogens (tertiary/aromatic N) is 4. The number of para-hydroxylation sites is 1. The molecule has 0 spiro atoms. The van der Waals surface area contributed by atoms with Gasteiger partial charge in [0.05, 0.1) is 0 Å². The molecule has 2 N–H and O–H groups in total. The molecule has 116 valence electrons. The van der Waals surface area contributed by atoms with Gasteiger partial charge in [-0.3, -0.25) is 14.9 Å². The molecule has 2 aromatic heterocycles. The molecule has 1 aromatic carbocycles. The van der Waals surface area contributed by atoms with Gasteiger partial charge in [0.25, 0.3) is 5.91 Å². The van der Waals surface area contributed by atoms with Gasteiger partial charge in [0, 0.05) is 11.8 Å². The Bertz CT molecular complexity index is 919. The Morgan fingerprint density at radius 3 is 2.83 bits per heavy atom. The SMILES string of the molecule is Cc1cc(=O)c(C(=O)Nc2ncn[nH]2)nn1-c1ccccc1F. The molecule has 9 heteroatoms. The van der Waals surface area contributed by atoms with E-state index in [0.717, 1.165) is 0 Å². The molecule has 0 aliphatic heterocycles. The fourth-order valence-corrected chi connectivity index (χ4v) is 2.00. The Balaban J connectivity index is 2.05. The van der Waals surface area contributed by atoms with Crippen LogP contribution in [0.25, 0.3) is 5.69 Å². The number of aromatic amines is 1. The fourth-order valence-electron chi connectivity index (χ4n) is 2.00. The van der Waals surface area contributed by atoms with E-state index < -0.39 is 17.2 Å². The van der Waals surface area contributed by atoms with Crippen LogP contribution in [0, 0.1) is 12.7 Å². The summed E-state index contributed by atoms with van der Waals surface area (Å²) in [5.41, 5.74) is -0.419. The van der Waals surface area contributed by atoms with Gasteiger partial charge in [-0.05, 0) is 19.1 Å². The normalized spacial score (nSPS) is 10.5. The Labute approximate surface area is 129 Å². The zero-order chi connectivity index (χ0) is 16.4. The van der Waals surface area contributed by atoms with Crippen LogP contribution in [0.15, 0.2) is 41.5 Å². The quantitative estimate of drug-likeness (QED) is 0.751. The van der Waals surface area contributed by atoms with Crippen molar-refractivity contribution in [3.63, 3.8) is 0 Å². The number of halogens is 1. The standard InChI is InChI=1S/C14H11FN6O2/c1-8-6-11(22)12(13(23)18-14-16-7-17-19-14)20-21(8)10-5-3-2-4-9(10)15/h2-7H,1H3,(H2,16,17,18,19,23). The number of aromatic nitrogens is 5. The van der Waals surface area contributed by atoms with Crippen LogP contribution in [0.2, 0.25) is 0 Å². The predicted molar refractivity (Wildman–Crippen MR) is 78.9 cm³/mol. The molecule has 3 aromatic rings. The summed E-state index contributed by atoms with van der Waals surface area (Å²) in [6.45, 7) is 1.60. The number of hydrogen-bond donors (Lipinski definition) is 2. The van der Waals surface area contributed by atoms with Crippen molar-refractivity contribution in [2.24, 2.45) is 0 Å². The molecule has 0 fully saturated rings. The second-order valence-electron chi connectivity index (χ2n) is 4.65. The number of carbonyl (C=O) groups is 1. The Morgan fingerprint density at radius 1 is 1.35 bits per heavy atom. The molecular weight excluding hydrogens is 303 g/mol. The summed E-state index contributed by atoms with van der Waals surface area (Å²) in [4.78, 5) is 27.9. The fraction of sp³-hybridized carbons (Fsp3) is 0.0714. The minimum atomic E-state index is -0.767. The van der Waals surface area contributed by atoms with Crippen molar-refractivity contribution in [2.45, 2.75) is 6.92 Å². The summed E-state index contributed by atoms with van der Waals surface area (Å²) < 4.78 is 15.1. The number of carbonyl (C=O) groups excluding carboxylic acids is 1. The summed E-state index contributed by atoms with van der Waals surface area (Å²) in [5, 5.41) is 12.3. The van der Waals surface area contributed by atoms with Crippen LogP contribution in [-0.2, 0) is 0 Å². The third-order valence-corrected chi connectivity index (χ3v) is 3.05. The summed E-state index contributed by atoms with van der Waals surface area (Å²) >= 11 is 0. The maximum Gasteiger partial charge on any atom is 0.282 e. The minimum Gasteiger partial charge on any atom is -0.289 e. The van der Waals surface area contributed by atoms with E-state index in [9.17, 15) is 14.0 Å². The van der Waals surface area contributed by atoms with Crippen LogP contribution in [-0.4, -0.2) is 30.9 Å². The molecule has 0 radical (unpaired) electrons. The molecule has 0 saturated carbocycles. The lowest BCUT2D eigenvalue weighted by atomic mass is 10.2. The van der Waals surface area contributed by atoms with Crippen LogP contribution >= 0.6 is 0 Å². The number of rotatable bonds is 3. The van der Waals surface area contributed by atoms with Crippen LogP contribution in [0.1, 0.15) is 16.2 Å². The summed E-state index contributed by atoms with van der Waals surface area (Å²) in [7, 11) is 0. The Morgan fingerprint density at radius 2 is 2.13 bits per heavy atom. The van der Waals surface area contributed by atoms with E-state index in [-0.39, 0.29) is 17.3 Å². The molecule has 0 aliphatic rings. The van der Waals surface area contributed by atoms with Gasteiger partial charge in [-0.1, -0.05) is 12.1 Å². The Hall–Kier alpha value is -3.36. The summed E-state index contributed by atoms with van der Waals surface area (Å²) in [6.07, 6.45) is 1.20. The van der Waals surface area contributed by atoms with E-state index in [2.05, 4.69) is 25.6 Å². The van der Waals surface area contributed by atoms with Crippen molar-refractivity contribution < 1.29 is 9.18 Å². The molecule has 0 unspecified atom stereocenters. The van der Waals surface area contributed by atoms with Gasteiger partial charge in [-0.2, -0.15) is 15.2 Å². The van der Waals surface area contributed by atoms with E-state index in [1.165, 1.54) is 35.3 Å². The third kappa shape index (κ3) is 2.84. The van der Waals surface area contributed by atoms with Crippen molar-refractivity contribution in [1.82, 2.24) is 25.0 Å². The van der Waals surface area contributed by atoms with Crippen LogP contribution in [0.3, 0.4) is 0 Å². The lowest BCUT2D eigenvalue weighted by Gasteiger charge is -2.11. The van der Waals surface area contributed by atoms with Gasteiger partial charge in [-0.15, -0.1) is 0 Å². The highest BCUT2D eigenvalue weighted by atomic mass is 19.1. The van der Waals surface area contributed by atoms with Crippen molar-refractivity contribution in [2.75, 3.05) is 5.32 Å². The predicted octanol–water partition coefficient (Wildman–Crippen LogP) is 1.05. The highest BCUT2D eigenvalue weighted by Gasteiger charge is 2.17. The van der Waals surface area contributed by atoms with E-state index in [1.54, 1.807) is 13.0 Å². The van der Waals surface area contributed by atoms with Crippen LogP contribution in [0.5, 0.6) is 0 Å². The van der Waals surface area contributed by atoms with Gasteiger partial charge in [-0.25, -0.2) is 14.2 Å². The summed E-state index contributed by atoms with van der Waals surface area (Å²) in [5.74, 6) is -1.21. The average Bonchev–Trinajstić information content (AvgIpc) is 3.01. The highest BCUT2D eigenvalue weighted by Crippen LogP contribution is 2.13. The van der Waals surface area contributed by atoms with Gasteiger partial charge in [0.2, 0.25) is 11.4 Å².